The van der Waals surface area contributed by atoms with E-state index in [1.807, 2.05) is 17.4 Å². The Kier molecular flexibility index (Phi) is 5.17. The van der Waals surface area contributed by atoms with Crippen LogP contribution < -0.4 is 5.32 Å². The van der Waals surface area contributed by atoms with Gasteiger partial charge in [-0.2, -0.15) is 5.10 Å². The molecule has 1 aliphatic heterocycles. The largest absolute Gasteiger partial charge is 0.308 e. The van der Waals surface area contributed by atoms with Crippen LogP contribution in [0.3, 0.4) is 0 Å². The topological polar surface area (TPSA) is 61.0 Å². The molecule has 0 radical (unpaired) electrons. The van der Waals surface area contributed by atoms with Crippen LogP contribution in [0.4, 0.5) is 5.82 Å². The number of fused-ring (bicyclic) bond motifs is 1. The lowest BCUT2D eigenvalue weighted by Gasteiger charge is -2.25. The predicted molar refractivity (Wildman–Crippen MR) is 101 cm³/mol. The van der Waals surface area contributed by atoms with Crippen molar-refractivity contribution >= 4 is 23.1 Å². The maximum absolute atomic E-state index is 12.4. The van der Waals surface area contributed by atoms with Crippen molar-refractivity contribution in [1.82, 2.24) is 15.1 Å². The molecule has 0 saturated heterocycles. The summed E-state index contributed by atoms with van der Waals surface area (Å²) in [5.74, 6) is 1.26. The Morgan fingerprint density at radius 1 is 1.32 bits per heavy atom. The van der Waals surface area contributed by atoms with Crippen LogP contribution in [0.25, 0.3) is 0 Å². The zero-order valence-corrected chi connectivity index (χ0v) is 15.4. The van der Waals surface area contributed by atoms with Crippen LogP contribution in [0.15, 0.2) is 17.5 Å². The molecule has 2 aliphatic rings. The lowest BCUT2D eigenvalue weighted by molar-refractivity contribution is -0.117. The number of amides is 1. The average molecular weight is 359 g/mol. The highest BCUT2D eigenvalue weighted by Gasteiger charge is 2.20. The molecule has 0 aromatic carbocycles. The maximum Gasteiger partial charge on any atom is 0.239 e. The highest BCUT2D eigenvalue weighted by molar-refractivity contribution is 7.10. The Balaban J connectivity index is 1.31. The third kappa shape index (κ3) is 4.12. The zero-order valence-electron chi connectivity index (χ0n) is 14.6. The van der Waals surface area contributed by atoms with E-state index in [2.05, 4.69) is 31.9 Å². The Morgan fingerprint density at radius 2 is 2.16 bits per heavy atom. The van der Waals surface area contributed by atoms with E-state index in [1.165, 1.54) is 54.7 Å². The number of nitrogens with one attached hydrogen (secondary N) is 2. The van der Waals surface area contributed by atoms with E-state index in [1.54, 1.807) is 0 Å². The van der Waals surface area contributed by atoms with Crippen molar-refractivity contribution in [1.29, 1.82) is 0 Å². The lowest BCUT2D eigenvalue weighted by atomic mass is 9.97. The molecule has 1 fully saturated rings. The van der Waals surface area contributed by atoms with Crippen LogP contribution in [0, 0.1) is 0 Å². The fourth-order valence-corrected chi connectivity index (χ4v) is 4.92. The number of nitrogens with zero attached hydrogens (tertiary/aromatic N) is 2. The number of aromatic nitrogens is 2. The van der Waals surface area contributed by atoms with Crippen molar-refractivity contribution < 1.29 is 4.79 Å². The fraction of sp³-hybridized carbons (Fsp3) is 0.579. The van der Waals surface area contributed by atoms with Gasteiger partial charge in [0.2, 0.25) is 5.91 Å². The van der Waals surface area contributed by atoms with Crippen molar-refractivity contribution in [2.45, 2.75) is 57.4 Å². The molecule has 0 spiro atoms. The average Bonchev–Trinajstić information content (AvgIpc) is 3.17. The summed E-state index contributed by atoms with van der Waals surface area (Å²) >= 11 is 1.83. The molecule has 1 aliphatic carbocycles. The number of aromatic amines is 1. The number of carbonyl (C=O) groups is 1. The SMILES string of the molecule is O=C(CN1CCc2sccc2C1)Nc1cc(C2CCCCCC2)[nH]n1. The molecule has 1 saturated carbocycles. The standard InChI is InChI=1S/C19H26N4OS/c24-19(13-23-9-7-17-15(12-23)8-10-25-17)20-18-11-16(21-22-18)14-5-3-1-2-4-6-14/h8,10-11,14H,1-7,9,12-13H2,(H2,20,21,22,24). The van der Waals surface area contributed by atoms with Crippen LogP contribution in [0.5, 0.6) is 0 Å². The molecule has 4 rings (SSSR count). The van der Waals surface area contributed by atoms with Crippen LogP contribution >= 0.6 is 11.3 Å². The highest BCUT2D eigenvalue weighted by Crippen LogP contribution is 2.31. The predicted octanol–water partition coefficient (Wildman–Crippen LogP) is 3.91. The second kappa shape index (κ2) is 7.70. The first-order chi connectivity index (χ1) is 12.3. The summed E-state index contributed by atoms with van der Waals surface area (Å²) in [6.45, 7) is 2.26. The molecule has 2 aromatic heterocycles. The number of thiophene rings is 1. The van der Waals surface area contributed by atoms with Gasteiger partial charge in [0.15, 0.2) is 5.82 Å². The third-order valence-corrected chi connectivity index (χ3v) is 6.44. The normalized spacial score (nSPS) is 19.4. The van der Waals surface area contributed by atoms with Crippen molar-refractivity contribution in [3.05, 3.63) is 33.6 Å². The Morgan fingerprint density at radius 3 is 3.00 bits per heavy atom. The van der Waals surface area contributed by atoms with E-state index in [0.29, 0.717) is 18.3 Å². The second-order valence-corrected chi connectivity index (χ2v) is 8.28. The Bertz CT molecular complexity index is 715. The van der Waals surface area contributed by atoms with Gasteiger partial charge < -0.3 is 5.32 Å². The molecule has 0 bridgehead atoms. The minimum Gasteiger partial charge on any atom is -0.308 e. The van der Waals surface area contributed by atoms with E-state index in [-0.39, 0.29) is 5.91 Å². The van der Waals surface area contributed by atoms with E-state index in [4.69, 9.17) is 0 Å². The molecule has 3 heterocycles. The molecule has 134 valence electrons. The number of H-pyrrole nitrogens is 1. The van der Waals surface area contributed by atoms with Crippen LogP contribution in [0.1, 0.15) is 60.6 Å². The molecular formula is C19H26N4OS. The number of carbonyl (C=O) groups excluding carboxylic acids is 1. The minimum absolute atomic E-state index is 0.0256. The van der Waals surface area contributed by atoms with Gasteiger partial charge in [0, 0.05) is 35.6 Å². The zero-order chi connectivity index (χ0) is 17.1. The molecule has 5 nitrogen and oxygen atoms in total. The summed E-state index contributed by atoms with van der Waals surface area (Å²) in [5, 5.41) is 12.6. The number of anilines is 1. The van der Waals surface area contributed by atoms with Gasteiger partial charge in [-0.05, 0) is 36.3 Å². The first-order valence-corrected chi connectivity index (χ1v) is 10.3. The summed E-state index contributed by atoms with van der Waals surface area (Å²) < 4.78 is 0. The molecule has 25 heavy (non-hydrogen) atoms. The van der Waals surface area contributed by atoms with Crippen LogP contribution in [-0.4, -0.2) is 34.1 Å². The van der Waals surface area contributed by atoms with Gasteiger partial charge in [-0.3, -0.25) is 14.8 Å². The van der Waals surface area contributed by atoms with Gasteiger partial charge in [-0.25, -0.2) is 0 Å². The lowest BCUT2D eigenvalue weighted by Crippen LogP contribution is -2.36. The summed E-state index contributed by atoms with van der Waals surface area (Å²) in [6, 6.07) is 4.21. The number of rotatable bonds is 4. The second-order valence-electron chi connectivity index (χ2n) is 7.27. The molecule has 0 unspecified atom stereocenters. The Hall–Kier alpha value is -1.66. The summed E-state index contributed by atoms with van der Waals surface area (Å²) in [4.78, 5) is 16.0. The first kappa shape index (κ1) is 16.8. The highest BCUT2D eigenvalue weighted by atomic mass is 32.1. The number of hydrogen-bond acceptors (Lipinski definition) is 4. The molecule has 1 amide bonds. The monoisotopic (exact) mass is 358 g/mol. The molecule has 2 N–H and O–H groups in total. The van der Waals surface area contributed by atoms with E-state index < -0.39 is 0 Å². The maximum atomic E-state index is 12.4. The number of hydrogen-bond donors (Lipinski definition) is 2. The quantitative estimate of drug-likeness (QED) is 0.815. The smallest absolute Gasteiger partial charge is 0.239 e. The molecular weight excluding hydrogens is 332 g/mol. The van der Waals surface area contributed by atoms with Gasteiger partial charge in [0.05, 0.1) is 6.54 Å². The molecule has 6 heteroatoms. The first-order valence-electron chi connectivity index (χ1n) is 9.41. The van der Waals surface area contributed by atoms with Crippen LogP contribution in [-0.2, 0) is 17.8 Å². The van der Waals surface area contributed by atoms with E-state index in [9.17, 15) is 4.79 Å². The summed E-state index contributed by atoms with van der Waals surface area (Å²) in [6.07, 6.45) is 8.79. The van der Waals surface area contributed by atoms with Gasteiger partial charge in [0.25, 0.3) is 0 Å². The third-order valence-electron chi connectivity index (χ3n) is 5.41. The van der Waals surface area contributed by atoms with Gasteiger partial charge in [0.1, 0.15) is 0 Å². The summed E-state index contributed by atoms with van der Waals surface area (Å²) in [7, 11) is 0. The Labute approximate surface area is 152 Å². The molecule has 0 atom stereocenters. The van der Waals surface area contributed by atoms with Crippen molar-refractivity contribution in [3.8, 4) is 0 Å². The van der Waals surface area contributed by atoms with Crippen molar-refractivity contribution in [2.24, 2.45) is 0 Å². The minimum atomic E-state index is 0.0256. The molecule has 2 aromatic rings. The van der Waals surface area contributed by atoms with Gasteiger partial charge in [-0.1, -0.05) is 25.7 Å². The van der Waals surface area contributed by atoms with Crippen LogP contribution in [0.2, 0.25) is 0 Å². The van der Waals surface area contributed by atoms with Gasteiger partial charge >= 0.3 is 0 Å². The summed E-state index contributed by atoms with van der Waals surface area (Å²) in [5.41, 5.74) is 2.55. The fourth-order valence-electron chi connectivity index (χ4n) is 4.03. The van der Waals surface area contributed by atoms with Crippen molar-refractivity contribution in [3.63, 3.8) is 0 Å². The van der Waals surface area contributed by atoms with Gasteiger partial charge in [-0.15, -0.1) is 11.3 Å². The van der Waals surface area contributed by atoms with Crippen molar-refractivity contribution in [2.75, 3.05) is 18.4 Å². The van der Waals surface area contributed by atoms with E-state index in [0.717, 1.165) is 19.5 Å². The van der Waals surface area contributed by atoms with E-state index >= 15 is 0 Å².